The van der Waals surface area contributed by atoms with Gasteiger partial charge < -0.3 is 9.80 Å². The number of amides is 1. The van der Waals surface area contributed by atoms with Crippen LogP contribution in [0.4, 0.5) is 0 Å². The molecule has 1 rings (SSSR count). The molecule has 0 atom stereocenters. The fraction of sp³-hybridized carbons (Fsp3) is 0.909. The van der Waals surface area contributed by atoms with Crippen LogP contribution in [0.15, 0.2) is 0 Å². The van der Waals surface area contributed by atoms with Gasteiger partial charge in [0.15, 0.2) is 0 Å². The van der Waals surface area contributed by atoms with E-state index >= 15 is 0 Å². The van der Waals surface area contributed by atoms with E-state index in [1.165, 1.54) is 0 Å². The van der Waals surface area contributed by atoms with Crippen molar-refractivity contribution in [2.75, 3.05) is 32.7 Å². The number of likely N-dealkylation sites (N-methyl/N-ethyl adjacent to an activating group) is 1. The summed E-state index contributed by atoms with van der Waals surface area (Å²) < 4.78 is 0. The Labute approximate surface area is 99.2 Å². The minimum atomic E-state index is -0.228. The van der Waals surface area contributed by atoms with E-state index < -0.39 is 0 Å². The monoisotopic (exact) mass is 234 g/mol. The summed E-state index contributed by atoms with van der Waals surface area (Å²) in [6.45, 7) is 13.1. The average Bonchev–Trinajstić information content (AvgIpc) is 2.15. The Kier molecular flexibility index (Phi) is 5.60. The molecule has 0 bridgehead atoms. The maximum atomic E-state index is 11.9. The van der Waals surface area contributed by atoms with Gasteiger partial charge in [-0.3, -0.25) is 4.79 Å². The first kappa shape index (κ1) is 14.7. The van der Waals surface area contributed by atoms with E-state index in [1.807, 2.05) is 25.7 Å². The molecule has 0 saturated carbocycles. The molecule has 1 heterocycles. The molecule has 0 radical (unpaired) electrons. The lowest BCUT2D eigenvalue weighted by atomic mass is 9.94. The highest BCUT2D eigenvalue weighted by atomic mass is 35.5. The molecule has 1 saturated heterocycles. The van der Waals surface area contributed by atoms with Crippen molar-refractivity contribution in [2.24, 2.45) is 5.41 Å². The lowest BCUT2D eigenvalue weighted by Crippen LogP contribution is -2.51. The quantitative estimate of drug-likeness (QED) is 0.689. The fourth-order valence-electron chi connectivity index (χ4n) is 1.74. The first-order valence-corrected chi connectivity index (χ1v) is 5.47. The zero-order valence-electron chi connectivity index (χ0n) is 10.2. The van der Waals surface area contributed by atoms with E-state index in [0.717, 1.165) is 32.7 Å². The van der Waals surface area contributed by atoms with Gasteiger partial charge in [0.2, 0.25) is 5.91 Å². The van der Waals surface area contributed by atoms with Crippen LogP contribution in [0.1, 0.15) is 27.7 Å². The second-order valence-electron chi connectivity index (χ2n) is 4.98. The third-order valence-electron chi connectivity index (χ3n) is 2.75. The number of nitrogens with zero attached hydrogens (tertiary/aromatic N) is 2. The summed E-state index contributed by atoms with van der Waals surface area (Å²) in [7, 11) is 0. The van der Waals surface area contributed by atoms with E-state index in [0.29, 0.717) is 0 Å². The summed E-state index contributed by atoms with van der Waals surface area (Å²) in [5.41, 5.74) is -0.228. The SMILES string of the molecule is CCN1CCN(C(=O)C(C)(C)C)CC1.Cl. The van der Waals surface area contributed by atoms with Gasteiger partial charge in [-0.1, -0.05) is 27.7 Å². The van der Waals surface area contributed by atoms with Crippen LogP contribution in [-0.4, -0.2) is 48.4 Å². The van der Waals surface area contributed by atoms with Gasteiger partial charge in [0.1, 0.15) is 0 Å². The molecule has 0 aliphatic carbocycles. The van der Waals surface area contributed by atoms with Crippen molar-refractivity contribution < 1.29 is 4.79 Å². The lowest BCUT2D eigenvalue weighted by molar-refractivity contribution is -0.141. The van der Waals surface area contributed by atoms with Gasteiger partial charge in [-0.05, 0) is 6.54 Å². The number of rotatable bonds is 1. The van der Waals surface area contributed by atoms with Crippen molar-refractivity contribution >= 4 is 18.3 Å². The van der Waals surface area contributed by atoms with Crippen LogP contribution < -0.4 is 0 Å². The summed E-state index contributed by atoms with van der Waals surface area (Å²) in [6, 6.07) is 0. The molecule has 4 heteroatoms. The van der Waals surface area contributed by atoms with Crippen molar-refractivity contribution in [1.82, 2.24) is 9.80 Å². The zero-order valence-corrected chi connectivity index (χ0v) is 11.1. The average molecular weight is 235 g/mol. The molecule has 0 spiro atoms. The summed E-state index contributed by atoms with van der Waals surface area (Å²) in [6.07, 6.45) is 0. The molecular formula is C11H23ClN2O. The predicted octanol–water partition coefficient (Wildman–Crippen LogP) is 1.62. The van der Waals surface area contributed by atoms with Crippen LogP contribution in [0, 0.1) is 5.41 Å². The summed E-state index contributed by atoms with van der Waals surface area (Å²) >= 11 is 0. The Morgan fingerprint density at radius 2 is 1.60 bits per heavy atom. The number of piperazine rings is 1. The largest absolute Gasteiger partial charge is 0.340 e. The Morgan fingerprint density at radius 1 is 1.13 bits per heavy atom. The van der Waals surface area contributed by atoms with Gasteiger partial charge >= 0.3 is 0 Å². The molecule has 1 amide bonds. The normalized spacial score (nSPS) is 18.5. The van der Waals surface area contributed by atoms with E-state index in [9.17, 15) is 4.79 Å². The third kappa shape index (κ3) is 3.99. The summed E-state index contributed by atoms with van der Waals surface area (Å²) in [5, 5.41) is 0. The van der Waals surface area contributed by atoms with Gasteiger partial charge in [0.05, 0.1) is 0 Å². The van der Waals surface area contributed by atoms with Crippen LogP contribution >= 0.6 is 12.4 Å². The van der Waals surface area contributed by atoms with E-state index in [4.69, 9.17) is 0 Å². The standard InChI is InChI=1S/C11H22N2O.ClH/c1-5-12-6-8-13(9-7-12)10(14)11(2,3)4;/h5-9H2,1-4H3;1H. The number of hydrogen-bond donors (Lipinski definition) is 0. The van der Waals surface area contributed by atoms with Gasteiger partial charge in [-0.2, -0.15) is 0 Å². The maximum absolute atomic E-state index is 11.9. The van der Waals surface area contributed by atoms with Crippen LogP contribution in [0.25, 0.3) is 0 Å². The molecule has 3 nitrogen and oxygen atoms in total. The van der Waals surface area contributed by atoms with Gasteiger partial charge in [0, 0.05) is 31.6 Å². The van der Waals surface area contributed by atoms with Crippen LogP contribution in [0.2, 0.25) is 0 Å². The van der Waals surface area contributed by atoms with Crippen molar-refractivity contribution in [1.29, 1.82) is 0 Å². The molecule has 1 aliphatic rings. The Morgan fingerprint density at radius 3 is 1.93 bits per heavy atom. The minimum absolute atomic E-state index is 0. The Hall–Kier alpha value is -0.280. The van der Waals surface area contributed by atoms with Gasteiger partial charge in [-0.25, -0.2) is 0 Å². The lowest BCUT2D eigenvalue weighted by Gasteiger charge is -2.37. The molecular weight excluding hydrogens is 212 g/mol. The summed E-state index contributed by atoms with van der Waals surface area (Å²) in [4.78, 5) is 16.3. The smallest absolute Gasteiger partial charge is 0.228 e. The van der Waals surface area contributed by atoms with E-state index in [2.05, 4.69) is 11.8 Å². The molecule has 1 aliphatic heterocycles. The van der Waals surface area contributed by atoms with Gasteiger partial charge in [-0.15, -0.1) is 12.4 Å². The first-order chi connectivity index (χ1) is 6.45. The first-order valence-electron chi connectivity index (χ1n) is 5.47. The topological polar surface area (TPSA) is 23.6 Å². The predicted molar refractivity (Wildman–Crippen MR) is 65.4 cm³/mol. The molecule has 0 aromatic carbocycles. The molecule has 1 fully saturated rings. The van der Waals surface area contributed by atoms with E-state index in [1.54, 1.807) is 0 Å². The highest BCUT2D eigenvalue weighted by Gasteiger charge is 2.29. The molecule has 0 aromatic heterocycles. The fourth-order valence-corrected chi connectivity index (χ4v) is 1.74. The number of carbonyl (C=O) groups is 1. The molecule has 0 N–H and O–H groups in total. The van der Waals surface area contributed by atoms with Gasteiger partial charge in [0.25, 0.3) is 0 Å². The highest BCUT2D eigenvalue weighted by molar-refractivity contribution is 5.85. The highest BCUT2D eigenvalue weighted by Crippen LogP contribution is 2.18. The second-order valence-corrected chi connectivity index (χ2v) is 4.98. The van der Waals surface area contributed by atoms with Crippen molar-refractivity contribution in [3.8, 4) is 0 Å². The molecule has 90 valence electrons. The van der Waals surface area contributed by atoms with Crippen LogP contribution in [-0.2, 0) is 4.79 Å². The Balaban J connectivity index is 0.00000196. The van der Waals surface area contributed by atoms with Crippen LogP contribution in [0.5, 0.6) is 0 Å². The third-order valence-corrected chi connectivity index (χ3v) is 2.75. The zero-order chi connectivity index (χ0) is 10.8. The van der Waals surface area contributed by atoms with E-state index in [-0.39, 0.29) is 23.7 Å². The Bertz CT molecular complexity index is 205. The molecule has 15 heavy (non-hydrogen) atoms. The van der Waals surface area contributed by atoms with Crippen molar-refractivity contribution in [3.63, 3.8) is 0 Å². The molecule has 0 aromatic rings. The second kappa shape index (κ2) is 5.71. The molecule has 0 unspecified atom stereocenters. The minimum Gasteiger partial charge on any atom is -0.340 e. The van der Waals surface area contributed by atoms with Crippen LogP contribution in [0.3, 0.4) is 0 Å². The van der Waals surface area contributed by atoms with Crippen molar-refractivity contribution in [3.05, 3.63) is 0 Å². The summed E-state index contributed by atoms with van der Waals surface area (Å²) in [5.74, 6) is 0.285. The maximum Gasteiger partial charge on any atom is 0.228 e. The van der Waals surface area contributed by atoms with Crippen molar-refractivity contribution in [2.45, 2.75) is 27.7 Å². The number of hydrogen-bond acceptors (Lipinski definition) is 2. The number of halogens is 1. The number of carbonyl (C=O) groups excluding carboxylic acids is 1.